The van der Waals surface area contributed by atoms with Crippen LogP contribution in [0.4, 0.5) is 0 Å². The van der Waals surface area contributed by atoms with Crippen molar-refractivity contribution in [2.45, 2.75) is 13.1 Å². The van der Waals surface area contributed by atoms with Crippen molar-refractivity contribution in [1.29, 1.82) is 0 Å². The number of carbonyl (C=O) groups is 1. The minimum atomic E-state index is -0.0477. The third kappa shape index (κ3) is 3.17. The van der Waals surface area contributed by atoms with Gasteiger partial charge in [-0.25, -0.2) is 0 Å². The van der Waals surface area contributed by atoms with E-state index in [1.165, 1.54) is 0 Å². The second-order valence-corrected chi connectivity index (χ2v) is 5.72. The molecule has 1 aliphatic heterocycles. The largest absolute Gasteiger partial charge is 0.482 e. The number of hydrogen-bond donors (Lipinski definition) is 0. The monoisotopic (exact) mass is 324 g/mol. The van der Waals surface area contributed by atoms with E-state index in [0.29, 0.717) is 28.9 Å². The maximum absolute atomic E-state index is 12.2. The Kier molecular flexibility index (Phi) is 4.08. The summed E-state index contributed by atoms with van der Waals surface area (Å²) in [6, 6.07) is 8.96. The Morgan fingerprint density at radius 3 is 2.90 bits per heavy atom. The first-order chi connectivity index (χ1) is 10.1. The van der Waals surface area contributed by atoms with Gasteiger partial charge in [-0.05, 0) is 30.3 Å². The van der Waals surface area contributed by atoms with E-state index in [2.05, 4.69) is 4.57 Å². The first kappa shape index (κ1) is 14.3. The molecule has 1 aliphatic rings. The van der Waals surface area contributed by atoms with Crippen molar-refractivity contribution < 1.29 is 9.53 Å². The van der Waals surface area contributed by atoms with Crippen molar-refractivity contribution in [2.75, 3.05) is 13.2 Å². The molecule has 110 valence electrons. The van der Waals surface area contributed by atoms with E-state index >= 15 is 0 Å². The smallest absolute Gasteiger partial charge is 0.260 e. The summed E-state index contributed by atoms with van der Waals surface area (Å²) in [6.07, 6.45) is 2.03. The highest BCUT2D eigenvalue weighted by atomic mass is 35.5. The Labute approximate surface area is 132 Å². The summed E-state index contributed by atoms with van der Waals surface area (Å²) in [5.41, 5.74) is 1.14. The lowest BCUT2D eigenvalue weighted by Gasteiger charge is -2.28. The van der Waals surface area contributed by atoms with Gasteiger partial charge in [-0.1, -0.05) is 23.2 Å². The molecule has 2 aromatic rings. The van der Waals surface area contributed by atoms with E-state index in [-0.39, 0.29) is 12.5 Å². The van der Waals surface area contributed by atoms with Crippen molar-refractivity contribution in [3.05, 3.63) is 52.3 Å². The molecule has 2 heterocycles. The summed E-state index contributed by atoms with van der Waals surface area (Å²) in [5, 5.41) is 0.943. The number of benzene rings is 1. The van der Waals surface area contributed by atoms with Gasteiger partial charge >= 0.3 is 0 Å². The molecular weight excluding hydrogens is 311 g/mol. The van der Waals surface area contributed by atoms with Crippen LogP contribution in [-0.4, -0.2) is 28.5 Å². The highest BCUT2D eigenvalue weighted by Gasteiger charge is 2.20. The van der Waals surface area contributed by atoms with Crippen molar-refractivity contribution in [1.82, 2.24) is 9.47 Å². The van der Waals surface area contributed by atoms with E-state index in [1.54, 1.807) is 23.1 Å². The highest BCUT2D eigenvalue weighted by molar-refractivity contribution is 6.35. The molecule has 1 aromatic carbocycles. The van der Waals surface area contributed by atoms with Crippen LogP contribution in [0.15, 0.2) is 36.5 Å². The molecule has 0 atom stereocenters. The minimum absolute atomic E-state index is 0.0257. The van der Waals surface area contributed by atoms with Crippen molar-refractivity contribution >= 4 is 29.1 Å². The first-order valence-electron chi connectivity index (χ1n) is 6.63. The summed E-state index contributed by atoms with van der Waals surface area (Å²) >= 11 is 11.8. The Hall–Kier alpha value is -1.65. The zero-order chi connectivity index (χ0) is 14.8. The third-order valence-electron chi connectivity index (χ3n) is 3.48. The number of aromatic nitrogens is 1. The molecule has 3 rings (SSSR count). The Morgan fingerprint density at radius 2 is 2.10 bits per heavy atom. The Balaban J connectivity index is 1.60. The number of hydrogen-bond acceptors (Lipinski definition) is 2. The van der Waals surface area contributed by atoms with Gasteiger partial charge < -0.3 is 14.2 Å². The van der Waals surface area contributed by atoms with Crippen molar-refractivity contribution in [3.8, 4) is 5.75 Å². The number of fused-ring (bicyclic) bond motifs is 1. The number of nitrogens with zero attached hydrogens (tertiary/aromatic N) is 2. The van der Waals surface area contributed by atoms with Crippen LogP contribution in [0.25, 0.3) is 0 Å². The molecule has 0 spiro atoms. The van der Waals surface area contributed by atoms with Gasteiger partial charge in [0.2, 0.25) is 0 Å². The molecule has 0 bridgehead atoms. The maximum Gasteiger partial charge on any atom is 0.260 e. The van der Waals surface area contributed by atoms with E-state index in [1.807, 2.05) is 18.3 Å². The fraction of sp³-hybridized carbons (Fsp3) is 0.267. The second kappa shape index (κ2) is 6.00. The third-order valence-corrected chi connectivity index (χ3v) is 4.02. The van der Waals surface area contributed by atoms with E-state index in [4.69, 9.17) is 27.9 Å². The Bertz CT molecular complexity index is 669. The fourth-order valence-corrected chi connectivity index (χ4v) is 2.81. The van der Waals surface area contributed by atoms with Gasteiger partial charge in [-0.15, -0.1) is 0 Å². The van der Waals surface area contributed by atoms with Crippen LogP contribution in [0.5, 0.6) is 5.75 Å². The van der Waals surface area contributed by atoms with Crippen LogP contribution < -0.4 is 4.74 Å². The molecule has 0 N–H and O–H groups in total. The molecule has 1 amide bonds. The van der Waals surface area contributed by atoms with Crippen LogP contribution in [0, 0.1) is 0 Å². The lowest BCUT2D eigenvalue weighted by atomic mass is 10.3. The molecule has 0 aliphatic carbocycles. The van der Waals surface area contributed by atoms with Gasteiger partial charge in [0.15, 0.2) is 6.61 Å². The van der Waals surface area contributed by atoms with Crippen molar-refractivity contribution in [2.24, 2.45) is 0 Å². The van der Waals surface area contributed by atoms with E-state index < -0.39 is 0 Å². The van der Waals surface area contributed by atoms with Crippen molar-refractivity contribution in [3.63, 3.8) is 0 Å². The summed E-state index contributed by atoms with van der Waals surface area (Å²) in [4.78, 5) is 14.0. The molecule has 21 heavy (non-hydrogen) atoms. The predicted octanol–water partition coefficient (Wildman–Crippen LogP) is 3.22. The molecule has 0 fully saturated rings. The maximum atomic E-state index is 12.2. The number of ether oxygens (including phenoxy) is 1. The number of carbonyl (C=O) groups excluding carboxylic acids is 1. The first-order valence-corrected chi connectivity index (χ1v) is 7.39. The lowest BCUT2D eigenvalue weighted by molar-refractivity contribution is -0.134. The molecule has 6 heteroatoms. The summed E-state index contributed by atoms with van der Waals surface area (Å²) < 4.78 is 7.64. The lowest BCUT2D eigenvalue weighted by Crippen LogP contribution is -2.40. The number of halogens is 2. The quantitative estimate of drug-likeness (QED) is 0.868. The molecule has 1 aromatic heterocycles. The summed E-state index contributed by atoms with van der Waals surface area (Å²) in [5.74, 6) is 0.420. The number of rotatable bonds is 3. The molecule has 0 saturated carbocycles. The second-order valence-electron chi connectivity index (χ2n) is 4.87. The summed E-state index contributed by atoms with van der Waals surface area (Å²) in [7, 11) is 0. The van der Waals surface area contributed by atoms with Gasteiger partial charge in [0.05, 0.1) is 11.6 Å². The molecule has 0 radical (unpaired) electrons. The van der Waals surface area contributed by atoms with Gasteiger partial charge in [0, 0.05) is 30.0 Å². The van der Waals surface area contributed by atoms with Gasteiger partial charge in [0.1, 0.15) is 5.75 Å². The van der Waals surface area contributed by atoms with Crippen LogP contribution in [0.2, 0.25) is 10.0 Å². The normalized spacial score (nSPS) is 13.9. The SMILES string of the molecule is O=C(COc1ccc(Cl)cc1Cl)N1CCn2cccc2C1. The molecule has 0 unspecified atom stereocenters. The zero-order valence-corrected chi connectivity index (χ0v) is 12.8. The zero-order valence-electron chi connectivity index (χ0n) is 11.3. The van der Waals surface area contributed by atoms with E-state index in [9.17, 15) is 4.79 Å². The van der Waals surface area contributed by atoms with Crippen LogP contribution in [0.1, 0.15) is 5.69 Å². The van der Waals surface area contributed by atoms with E-state index in [0.717, 1.165) is 12.2 Å². The standard InChI is InChI=1S/C15H14Cl2N2O2/c16-11-3-4-14(13(17)8-11)21-10-15(20)19-7-6-18-5-1-2-12(18)9-19/h1-5,8H,6-7,9-10H2. The average Bonchev–Trinajstić information content (AvgIpc) is 2.93. The van der Waals surface area contributed by atoms with Gasteiger partial charge in [0.25, 0.3) is 5.91 Å². The summed E-state index contributed by atoms with van der Waals surface area (Å²) in [6.45, 7) is 2.10. The number of amides is 1. The van der Waals surface area contributed by atoms with Crippen LogP contribution in [-0.2, 0) is 17.9 Å². The minimum Gasteiger partial charge on any atom is -0.482 e. The predicted molar refractivity (Wildman–Crippen MR) is 81.8 cm³/mol. The molecule has 4 nitrogen and oxygen atoms in total. The molecular formula is C15H14Cl2N2O2. The van der Waals surface area contributed by atoms with Crippen LogP contribution >= 0.6 is 23.2 Å². The van der Waals surface area contributed by atoms with Gasteiger partial charge in [-0.2, -0.15) is 0 Å². The fourth-order valence-electron chi connectivity index (χ4n) is 2.35. The average molecular weight is 325 g/mol. The topological polar surface area (TPSA) is 34.5 Å². The molecule has 0 saturated heterocycles. The van der Waals surface area contributed by atoms with Gasteiger partial charge in [-0.3, -0.25) is 4.79 Å². The highest BCUT2D eigenvalue weighted by Crippen LogP contribution is 2.27. The Morgan fingerprint density at radius 1 is 1.24 bits per heavy atom. The van der Waals surface area contributed by atoms with Crippen LogP contribution in [0.3, 0.4) is 0 Å².